The Morgan fingerprint density at radius 1 is 1.53 bits per heavy atom. The Labute approximate surface area is 89.6 Å². The third kappa shape index (κ3) is 2.45. The van der Waals surface area contributed by atoms with Gasteiger partial charge in [-0.25, -0.2) is 9.37 Å². The van der Waals surface area contributed by atoms with E-state index in [1.54, 1.807) is 0 Å². The summed E-state index contributed by atoms with van der Waals surface area (Å²) in [7, 11) is 0. The fourth-order valence-electron chi connectivity index (χ4n) is 1.55. The maximum Gasteiger partial charge on any atom is 0.171 e. The summed E-state index contributed by atoms with van der Waals surface area (Å²) in [5.74, 6) is -0.102. The summed E-state index contributed by atoms with van der Waals surface area (Å²) in [6, 6.07) is 1.68. The number of anilines is 1. The minimum atomic E-state index is -0.421. The second-order valence-corrected chi connectivity index (χ2v) is 3.65. The van der Waals surface area contributed by atoms with Crippen LogP contribution < -0.4 is 4.90 Å². The molecular formula is C11H17FN2O. The summed E-state index contributed by atoms with van der Waals surface area (Å²) < 4.78 is 13.8. The summed E-state index contributed by atoms with van der Waals surface area (Å²) in [5, 5.41) is 8.95. The van der Waals surface area contributed by atoms with Crippen molar-refractivity contribution in [2.75, 3.05) is 11.4 Å². The average Bonchev–Trinajstić information content (AvgIpc) is 2.21. The monoisotopic (exact) mass is 212 g/mol. The zero-order valence-electron chi connectivity index (χ0n) is 9.37. The van der Waals surface area contributed by atoms with Crippen molar-refractivity contribution < 1.29 is 9.50 Å². The van der Waals surface area contributed by atoms with E-state index in [4.69, 9.17) is 5.11 Å². The molecule has 0 atom stereocenters. The Hall–Kier alpha value is -1.16. The van der Waals surface area contributed by atoms with E-state index in [0.29, 0.717) is 17.9 Å². The number of halogens is 1. The van der Waals surface area contributed by atoms with E-state index in [9.17, 15) is 4.39 Å². The van der Waals surface area contributed by atoms with Crippen LogP contribution in [0.25, 0.3) is 0 Å². The van der Waals surface area contributed by atoms with Crippen molar-refractivity contribution in [3.05, 3.63) is 23.6 Å². The van der Waals surface area contributed by atoms with Crippen LogP contribution in [0.15, 0.2) is 12.3 Å². The maximum atomic E-state index is 13.8. The molecule has 0 aliphatic rings. The number of hydrogen-bond acceptors (Lipinski definition) is 3. The lowest BCUT2D eigenvalue weighted by Crippen LogP contribution is -2.32. The molecule has 1 rings (SSSR count). The normalized spacial score (nSPS) is 10.8. The summed E-state index contributed by atoms with van der Waals surface area (Å²) in [5.41, 5.74) is 0.291. The van der Waals surface area contributed by atoms with Crippen molar-refractivity contribution in [1.82, 2.24) is 4.98 Å². The quantitative estimate of drug-likeness (QED) is 0.828. The number of hydrogen-bond donors (Lipinski definition) is 1. The Kier molecular flexibility index (Phi) is 4.03. The van der Waals surface area contributed by atoms with Crippen LogP contribution in [-0.4, -0.2) is 22.7 Å². The van der Waals surface area contributed by atoms with Crippen molar-refractivity contribution in [2.24, 2.45) is 0 Å². The molecule has 0 bridgehead atoms. The predicted octanol–water partition coefficient (Wildman–Crippen LogP) is 1.95. The lowest BCUT2D eigenvalue weighted by atomic mass is 10.2. The summed E-state index contributed by atoms with van der Waals surface area (Å²) in [6.07, 6.45) is 1.52. The molecule has 3 nitrogen and oxygen atoms in total. The van der Waals surface area contributed by atoms with E-state index in [2.05, 4.69) is 4.98 Å². The first kappa shape index (κ1) is 11.9. The first-order valence-corrected chi connectivity index (χ1v) is 5.12. The number of aliphatic hydroxyl groups is 1. The molecule has 1 aromatic heterocycles. The molecule has 0 unspecified atom stereocenters. The fourth-order valence-corrected chi connectivity index (χ4v) is 1.55. The van der Waals surface area contributed by atoms with Crippen LogP contribution in [0.2, 0.25) is 0 Å². The molecule has 84 valence electrons. The lowest BCUT2D eigenvalue weighted by molar-refractivity contribution is 0.275. The van der Waals surface area contributed by atoms with Crippen LogP contribution in [0.3, 0.4) is 0 Å². The van der Waals surface area contributed by atoms with E-state index < -0.39 is 5.82 Å². The molecule has 0 spiro atoms. The first-order chi connectivity index (χ1) is 7.11. The molecular weight excluding hydrogens is 195 g/mol. The van der Waals surface area contributed by atoms with Gasteiger partial charge in [0.05, 0.1) is 6.61 Å². The molecule has 0 saturated heterocycles. The molecule has 15 heavy (non-hydrogen) atoms. The Balaban J connectivity index is 3.12. The van der Waals surface area contributed by atoms with E-state index in [-0.39, 0.29) is 12.6 Å². The molecule has 0 aliphatic carbocycles. The Bertz CT molecular complexity index is 328. The molecule has 0 fully saturated rings. The van der Waals surface area contributed by atoms with Gasteiger partial charge >= 0.3 is 0 Å². The van der Waals surface area contributed by atoms with Crippen molar-refractivity contribution in [3.8, 4) is 0 Å². The molecule has 0 saturated carbocycles. The second kappa shape index (κ2) is 5.07. The van der Waals surface area contributed by atoms with Gasteiger partial charge in [-0.05, 0) is 26.8 Å². The first-order valence-electron chi connectivity index (χ1n) is 5.12. The largest absolute Gasteiger partial charge is 0.392 e. The molecule has 1 aromatic rings. The highest BCUT2D eigenvalue weighted by atomic mass is 19.1. The van der Waals surface area contributed by atoms with Crippen molar-refractivity contribution in [3.63, 3.8) is 0 Å². The van der Waals surface area contributed by atoms with Crippen molar-refractivity contribution >= 4 is 5.82 Å². The highest BCUT2D eigenvalue weighted by Gasteiger charge is 2.16. The Morgan fingerprint density at radius 3 is 2.67 bits per heavy atom. The maximum absolute atomic E-state index is 13.8. The topological polar surface area (TPSA) is 36.4 Å². The van der Waals surface area contributed by atoms with Crippen LogP contribution in [0.1, 0.15) is 26.3 Å². The number of aromatic nitrogens is 1. The molecule has 1 heterocycles. The lowest BCUT2D eigenvalue weighted by Gasteiger charge is -2.26. The average molecular weight is 212 g/mol. The summed E-state index contributed by atoms with van der Waals surface area (Å²) in [4.78, 5) is 5.87. The van der Waals surface area contributed by atoms with E-state index in [1.807, 2.05) is 25.7 Å². The molecule has 1 N–H and O–H groups in total. The standard InChI is InChI=1S/C11H17FN2O/c1-4-14(8(2)3)11-10(12)9(7-15)5-6-13-11/h5-6,8,15H,4,7H2,1-3H3. The van der Waals surface area contributed by atoms with Crippen LogP contribution in [0.5, 0.6) is 0 Å². The van der Waals surface area contributed by atoms with Gasteiger partial charge in [-0.1, -0.05) is 0 Å². The number of pyridine rings is 1. The second-order valence-electron chi connectivity index (χ2n) is 3.65. The van der Waals surface area contributed by atoms with Crippen LogP contribution >= 0.6 is 0 Å². The fraction of sp³-hybridized carbons (Fsp3) is 0.545. The van der Waals surface area contributed by atoms with Gasteiger partial charge in [-0.3, -0.25) is 0 Å². The molecule has 0 amide bonds. The van der Waals surface area contributed by atoms with E-state index >= 15 is 0 Å². The van der Waals surface area contributed by atoms with Gasteiger partial charge in [0.25, 0.3) is 0 Å². The van der Waals surface area contributed by atoms with Gasteiger partial charge in [0.15, 0.2) is 11.6 Å². The van der Waals surface area contributed by atoms with E-state index in [1.165, 1.54) is 12.3 Å². The van der Waals surface area contributed by atoms with E-state index in [0.717, 1.165) is 0 Å². The predicted molar refractivity (Wildman–Crippen MR) is 58.3 cm³/mol. The SMILES string of the molecule is CCN(c1nccc(CO)c1F)C(C)C. The van der Waals surface area contributed by atoms with Gasteiger partial charge in [-0.2, -0.15) is 0 Å². The van der Waals surface area contributed by atoms with Gasteiger partial charge in [-0.15, -0.1) is 0 Å². The van der Waals surface area contributed by atoms with Crippen LogP contribution in [0.4, 0.5) is 10.2 Å². The molecule has 0 aromatic carbocycles. The van der Waals surface area contributed by atoms with Crippen LogP contribution in [0, 0.1) is 5.82 Å². The smallest absolute Gasteiger partial charge is 0.171 e. The minimum Gasteiger partial charge on any atom is -0.392 e. The van der Waals surface area contributed by atoms with Gasteiger partial charge < -0.3 is 10.0 Å². The zero-order chi connectivity index (χ0) is 11.4. The van der Waals surface area contributed by atoms with Gasteiger partial charge in [0.2, 0.25) is 0 Å². The number of rotatable bonds is 4. The molecule has 0 aliphatic heterocycles. The third-order valence-electron chi connectivity index (χ3n) is 2.36. The van der Waals surface area contributed by atoms with Gasteiger partial charge in [0, 0.05) is 24.3 Å². The summed E-state index contributed by atoms with van der Waals surface area (Å²) in [6.45, 7) is 6.31. The number of aliphatic hydroxyl groups excluding tert-OH is 1. The highest BCUT2D eigenvalue weighted by molar-refractivity contribution is 5.43. The van der Waals surface area contributed by atoms with Crippen molar-refractivity contribution in [1.29, 1.82) is 0 Å². The van der Waals surface area contributed by atoms with Crippen LogP contribution in [-0.2, 0) is 6.61 Å². The zero-order valence-corrected chi connectivity index (χ0v) is 9.37. The van der Waals surface area contributed by atoms with Crippen molar-refractivity contribution in [2.45, 2.75) is 33.4 Å². The third-order valence-corrected chi connectivity index (χ3v) is 2.36. The van der Waals surface area contributed by atoms with Gasteiger partial charge in [0.1, 0.15) is 0 Å². The number of nitrogens with zero attached hydrogens (tertiary/aromatic N) is 2. The molecule has 4 heteroatoms. The Morgan fingerprint density at radius 2 is 2.20 bits per heavy atom. The minimum absolute atomic E-state index is 0.186. The molecule has 0 radical (unpaired) electrons. The summed E-state index contributed by atoms with van der Waals surface area (Å²) >= 11 is 0. The highest BCUT2D eigenvalue weighted by Crippen LogP contribution is 2.20.